The third-order valence-corrected chi connectivity index (χ3v) is 2.23. The molecule has 0 aromatic carbocycles. The summed E-state index contributed by atoms with van der Waals surface area (Å²) in [6, 6.07) is 0. The Morgan fingerprint density at radius 1 is 1.50 bits per heavy atom. The van der Waals surface area contributed by atoms with Crippen molar-refractivity contribution in [3.05, 3.63) is 17.4 Å². The zero-order valence-corrected chi connectivity index (χ0v) is 8.50. The average molecular weight is 172 g/mol. The lowest BCUT2D eigenvalue weighted by Crippen LogP contribution is -2.44. The van der Waals surface area contributed by atoms with Gasteiger partial charge < -0.3 is 10.0 Å². The lowest BCUT2D eigenvalue weighted by molar-refractivity contribution is -0.154. The van der Waals surface area contributed by atoms with Crippen molar-refractivity contribution in [1.29, 1.82) is 0 Å². The third kappa shape index (κ3) is 2.30. The molecule has 0 aliphatic rings. The Kier molecular flexibility index (Phi) is 4.45. The fourth-order valence-electron chi connectivity index (χ4n) is 0.998. The van der Waals surface area contributed by atoms with Crippen LogP contribution in [-0.2, 0) is 4.84 Å². The molecular weight excluding hydrogens is 154 g/mol. The van der Waals surface area contributed by atoms with Crippen LogP contribution in [0.5, 0.6) is 0 Å². The van der Waals surface area contributed by atoms with Crippen molar-refractivity contribution in [3.63, 3.8) is 0 Å². The second kappa shape index (κ2) is 4.60. The Labute approximate surface area is 74.5 Å². The van der Waals surface area contributed by atoms with E-state index in [0.29, 0.717) is 5.23 Å². The van der Waals surface area contributed by atoms with Gasteiger partial charge in [-0.2, -0.15) is 0 Å². The summed E-state index contributed by atoms with van der Waals surface area (Å²) in [5.74, 6) is 0.214. The molecule has 0 saturated heterocycles. The summed E-state index contributed by atoms with van der Waals surface area (Å²) in [4.78, 5) is 4.66. The van der Waals surface area contributed by atoms with E-state index in [0.717, 1.165) is 0 Å². The van der Waals surface area contributed by atoms with Crippen LogP contribution in [0.1, 0.15) is 27.7 Å². The van der Waals surface area contributed by atoms with Gasteiger partial charge in [-0.3, -0.25) is 5.23 Å². The van der Waals surface area contributed by atoms with Gasteiger partial charge in [0, 0.05) is 0 Å². The predicted molar refractivity (Wildman–Crippen MR) is 50.3 cm³/mol. The van der Waals surface area contributed by atoms with Gasteiger partial charge in [-0.15, -0.1) is 0 Å². The molecule has 0 aliphatic heterocycles. The fraction of sp³-hybridized carbons (Fsp3) is 0.778. The molecule has 0 bridgehead atoms. The second-order valence-electron chi connectivity index (χ2n) is 3.32. The van der Waals surface area contributed by atoms with Crippen molar-refractivity contribution >= 4 is 0 Å². The highest BCUT2D eigenvalue weighted by atomic mass is 16.9. The second-order valence-corrected chi connectivity index (χ2v) is 3.32. The van der Waals surface area contributed by atoms with E-state index in [1.807, 2.05) is 39.8 Å². The van der Waals surface area contributed by atoms with Gasteiger partial charge in [0.15, 0.2) is 0 Å². The Hall–Kier alpha value is -0.380. The Balaban J connectivity index is 4.60. The average Bonchev–Trinajstić information content (AvgIpc) is 2.03. The molecule has 72 valence electrons. The van der Waals surface area contributed by atoms with Crippen LogP contribution >= 0.6 is 0 Å². The molecule has 3 nitrogen and oxygen atoms in total. The molecule has 0 spiro atoms. The Morgan fingerprint density at radius 2 is 2.00 bits per heavy atom. The summed E-state index contributed by atoms with van der Waals surface area (Å²) in [7, 11) is 1.39. The fourth-order valence-corrected chi connectivity index (χ4v) is 0.998. The highest BCUT2D eigenvalue weighted by molar-refractivity contribution is 5.04. The van der Waals surface area contributed by atoms with E-state index in [1.165, 1.54) is 7.11 Å². The molecule has 0 amide bonds. The summed E-state index contributed by atoms with van der Waals surface area (Å²) in [5, 5.41) is 11.9. The molecule has 0 fully saturated rings. The summed E-state index contributed by atoms with van der Waals surface area (Å²) >= 11 is 0. The van der Waals surface area contributed by atoms with Crippen molar-refractivity contribution in [2.45, 2.75) is 33.2 Å². The SMILES string of the molecule is C/C=C\C(C)(C(C)C)N([O-])OC. The van der Waals surface area contributed by atoms with Crippen LogP contribution in [0.15, 0.2) is 12.2 Å². The molecule has 0 saturated carbocycles. The maximum absolute atomic E-state index is 11.3. The molecule has 0 radical (unpaired) electrons. The highest BCUT2D eigenvalue weighted by Crippen LogP contribution is 2.25. The summed E-state index contributed by atoms with van der Waals surface area (Å²) in [5.41, 5.74) is -0.566. The molecule has 0 heterocycles. The van der Waals surface area contributed by atoms with E-state index < -0.39 is 5.54 Å². The monoisotopic (exact) mass is 172 g/mol. The van der Waals surface area contributed by atoms with Gasteiger partial charge in [0.25, 0.3) is 0 Å². The number of hydrogen-bond donors (Lipinski definition) is 0. The summed E-state index contributed by atoms with van der Waals surface area (Å²) < 4.78 is 0. The topological polar surface area (TPSA) is 35.5 Å². The van der Waals surface area contributed by atoms with Gasteiger partial charge in [0.1, 0.15) is 0 Å². The van der Waals surface area contributed by atoms with Crippen LogP contribution in [0.25, 0.3) is 0 Å². The minimum Gasteiger partial charge on any atom is -0.761 e. The van der Waals surface area contributed by atoms with Crippen molar-refractivity contribution in [2.75, 3.05) is 7.11 Å². The lowest BCUT2D eigenvalue weighted by atomic mass is 9.89. The normalized spacial score (nSPS) is 17.7. The van der Waals surface area contributed by atoms with Crippen molar-refractivity contribution in [2.24, 2.45) is 5.92 Å². The van der Waals surface area contributed by atoms with E-state index >= 15 is 0 Å². The summed E-state index contributed by atoms with van der Waals surface area (Å²) in [6.45, 7) is 7.73. The van der Waals surface area contributed by atoms with E-state index in [-0.39, 0.29) is 5.92 Å². The van der Waals surface area contributed by atoms with Gasteiger partial charge in [-0.1, -0.05) is 26.0 Å². The van der Waals surface area contributed by atoms with Crippen molar-refractivity contribution in [3.8, 4) is 0 Å². The molecule has 3 heteroatoms. The van der Waals surface area contributed by atoms with Crippen LogP contribution in [-0.4, -0.2) is 17.9 Å². The van der Waals surface area contributed by atoms with Crippen LogP contribution in [0.4, 0.5) is 0 Å². The van der Waals surface area contributed by atoms with Gasteiger partial charge >= 0.3 is 0 Å². The van der Waals surface area contributed by atoms with Crippen molar-refractivity contribution < 1.29 is 4.84 Å². The molecule has 0 aromatic rings. The van der Waals surface area contributed by atoms with Gasteiger partial charge in [0.2, 0.25) is 0 Å². The number of rotatable bonds is 4. The van der Waals surface area contributed by atoms with E-state index in [1.54, 1.807) is 0 Å². The molecule has 1 unspecified atom stereocenters. The zero-order valence-electron chi connectivity index (χ0n) is 8.50. The predicted octanol–water partition coefficient (Wildman–Crippen LogP) is 2.34. The molecule has 1 atom stereocenters. The first-order chi connectivity index (χ1) is 5.49. The highest BCUT2D eigenvalue weighted by Gasteiger charge is 2.26. The van der Waals surface area contributed by atoms with Crippen molar-refractivity contribution in [1.82, 2.24) is 5.23 Å². The minimum absolute atomic E-state index is 0.214. The number of nitrogens with zero attached hydrogens (tertiary/aromatic N) is 1. The quantitative estimate of drug-likeness (QED) is 0.482. The first-order valence-electron chi connectivity index (χ1n) is 4.14. The van der Waals surface area contributed by atoms with E-state index in [2.05, 4.69) is 4.84 Å². The molecule has 0 rings (SSSR count). The number of allylic oxidation sites excluding steroid dienone is 1. The molecular formula is C9H18NO2-. The number of hydrogen-bond acceptors (Lipinski definition) is 3. The number of hydroxylamine groups is 2. The van der Waals surface area contributed by atoms with Crippen LogP contribution in [0.3, 0.4) is 0 Å². The molecule has 12 heavy (non-hydrogen) atoms. The lowest BCUT2D eigenvalue weighted by Gasteiger charge is -2.44. The van der Waals surface area contributed by atoms with Gasteiger partial charge in [-0.25, -0.2) is 0 Å². The van der Waals surface area contributed by atoms with Crippen LogP contribution < -0.4 is 0 Å². The van der Waals surface area contributed by atoms with E-state index in [4.69, 9.17) is 0 Å². The van der Waals surface area contributed by atoms with Crippen LogP contribution in [0.2, 0.25) is 0 Å². The van der Waals surface area contributed by atoms with Gasteiger partial charge in [-0.05, 0) is 19.8 Å². The molecule has 0 N–H and O–H groups in total. The third-order valence-electron chi connectivity index (χ3n) is 2.23. The zero-order chi connectivity index (χ0) is 9.78. The smallest absolute Gasteiger partial charge is 0.0563 e. The Morgan fingerprint density at radius 3 is 2.25 bits per heavy atom. The first-order valence-corrected chi connectivity index (χ1v) is 4.14. The maximum atomic E-state index is 11.3. The Bertz CT molecular complexity index is 157. The molecule has 0 aromatic heterocycles. The largest absolute Gasteiger partial charge is 0.761 e. The summed E-state index contributed by atoms with van der Waals surface area (Å²) in [6.07, 6.45) is 3.72. The van der Waals surface area contributed by atoms with Gasteiger partial charge in [0.05, 0.1) is 12.6 Å². The minimum atomic E-state index is -0.566. The molecule has 0 aliphatic carbocycles. The van der Waals surface area contributed by atoms with Crippen LogP contribution in [0, 0.1) is 11.1 Å². The maximum Gasteiger partial charge on any atom is 0.0563 e. The first kappa shape index (κ1) is 11.6. The standard InChI is InChI=1S/C9H18NO2/c1-6-7-9(4,8(2)3)10(11)12-5/h6-8H,1-5H3/q-1/b7-6-. The van der Waals surface area contributed by atoms with E-state index in [9.17, 15) is 5.21 Å².